The van der Waals surface area contributed by atoms with E-state index in [9.17, 15) is 39.5 Å². The minimum atomic E-state index is -4.53. The molecular formula is C30H27O10P. The van der Waals surface area contributed by atoms with Gasteiger partial charge in [-0.3, -0.25) is 14.5 Å². The standard InChI is InChI=1S/C30H27O10P/c31-21-7-13-25(29(35)17-21)27(33)15-5-19-1-9-23(10-2-19)39-41(37,38)40-24-11-3-20(4-12-24)6-16-28(34)26-14-8-22(32)18-30(26)36/h1-4,7-14,17-18,31-32,35-36H,5-6,15-16H2,(H,37,38). The second kappa shape index (κ2) is 12.6. The lowest BCUT2D eigenvalue weighted by atomic mass is 10.0. The number of phosphoric acid groups is 1. The third kappa shape index (κ3) is 8.11. The number of aromatic hydroxyl groups is 4. The highest BCUT2D eigenvalue weighted by atomic mass is 31.2. The van der Waals surface area contributed by atoms with Gasteiger partial charge in [-0.1, -0.05) is 24.3 Å². The highest BCUT2D eigenvalue weighted by Gasteiger charge is 2.25. The summed E-state index contributed by atoms with van der Waals surface area (Å²) in [4.78, 5) is 34.9. The van der Waals surface area contributed by atoms with Crippen molar-refractivity contribution in [2.45, 2.75) is 25.7 Å². The lowest BCUT2D eigenvalue weighted by Gasteiger charge is -2.14. The van der Waals surface area contributed by atoms with Crippen molar-refractivity contribution in [1.82, 2.24) is 0 Å². The molecule has 11 heteroatoms. The second-order valence-electron chi connectivity index (χ2n) is 9.19. The SMILES string of the molecule is O=C(CCc1ccc(OP(=O)(O)Oc2ccc(CCC(=O)c3ccc(O)cc3O)cc2)cc1)c1ccc(O)cc1O. The van der Waals surface area contributed by atoms with E-state index in [0.717, 1.165) is 23.3 Å². The van der Waals surface area contributed by atoms with Gasteiger partial charge in [0.05, 0.1) is 11.1 Å². The molecule has 0 fully saturated rings. The Bertz CT molecular complexity index is 1480. The number of Topliss-reactive ketones (excluding diaryl/α,β-unsaturated/α-hetero) is 2. The first-order chi connectivity index (χ1) is 19.5. The Hall–Kier alpha value is -4.79. The van der Waals surface area contributed by atoms with Crippen LogP contribution in [0.15, 0.2) is 84.9 Å². The first-order valence-electron chi connectivity index (χ1n) is 12.5. The van der Waals surface area contributed by atoms with Crippen LogP contribution in [-0.4, -0.2) is 36.9 Å². The predicted molar refractivity (Wildman–Crippen MR) is 149 cm³/mol. The Morgan fingerprint density at radius 2 is 0.951 bits per heavy atom. The lowest BCUT2D eigenvalue weighted by Crippen LogP contribution is -2.02. The van der Waals surface area contributed by atoms with Crippen molar-refractivity contribution >= 4 is 19.4 Å². The smallest absolute Gasteiger partial charge is 0.508 e. The van der Waals surface area contributed by atoms with Crippen LogP contribution in [0.3, 0.4) is 0 Å². The zero-order valence-electron chi connectivity index (χ0n) is 21.6. The second-order valence-corrected chi connectivity index (χ2v) is 10.5. The highest BCUT2D eigenvalue weighted by molar-refractivity contribution is 7.48. The number of phosphoric ester groups is 1. The number of phenolic OH excluding ortho intramolecular Hbond substituents is 4. The third-order valence-electron chi connectivity index (χ3n) is 6.13. The first-order valence-corrected chi connectivity index (χ1v) is 14.0. The number of carbonyl (C=O) groups excluding carboxylic acids is 2. The molecule has 10 nitrogen and oxygen atoms in total. The normalized spacial score (nSPS) is 11.1. The molecular weight excluding hydrogens is 551 g/mol. The average Bonchev–Trinajstić information content (AvgIpc) is 2.91. The van der Waals surface area contributed by atoms with Gasteiger partial charge in [0.25, 0.3) is 0 Å². The lowest BCUT2D eigenvalue weighted by molar-refractivity contribution is 0.0971. The quantitative estimate of drug-likeness (QED) is 0.104. The Kier molecular flexibility index (Phi) is 8.97. The summed E-state index contributed by atoms with van der Waals surface area (Å²) in [7, 11) is -4.53. The van der Waals surface area contributed by atoms with Gasteiger partial charge in [-0.2, -0.15) is 0 Å². The van der Waals surface area contributed by atoms with Gasteiger partial charge >= 0.3 is 7.82 Å². The van der Waals surface area contributed by atoms with Crippen LogP contribution in [0.1, 0.15) is 44.7 Å². The van der Waals surface area contributed by atoms with Crippen molar-refractivity contribution in [3.8, 4) is 34.5 Å². The van der Waals surface area contributed by atoms with Crippen molar-refractivity contribution in [2.75, 3.05) is 0 Å². The molecule has 0 aromatic heterocycles. The van der Waals surface area contributed by atoms with E-state index in [-0.39, 0.29) is 70.0 Å². The van der Waals surface area contributed by atoms with Crippen molar-refractivity contribution < 1.29 is 48.5 Å². The zero-order chi connectivity index (χ0) is 29.6. The number of aryl methyl sites for hydroxylation is 2. The van der Waals surface area contributed by atoms with Crippen molar-refractivity contribution in [2.24, 2.45) is 0 Å². The number of benzene rings is 4. The van der Waals surface area contributed by atoms with E-state index >= 15 is 0 Å². The van der Waals surface area contributed by atoms with Crippen LogP contribution < -0.4 is 9.05 Å². The maximum absolute atomic E-state index is 12.5. The molecule has 0 aliphatic heterocycles. The average molecular weight is 579 g/mol. The molecule has 0 aliphatic carbocycles. The molecule has 0 heterocycles. The summed E-state index contributed by atoms with van der Waals surface area (Å²) in [6, 6.07) is 19.9. The van der Waals surface area contributed by atoms with Crippen LogP contribution in [0.25, 0.3) is 0 Å². The van der Waals surface area contributed by atoms with Crippen LogP contribution in [0.2, 0.25) is 0 Å². The summed E-state index contributed by atoms with van der Waals surface area (Å²) in [6.45, 7) is 0. The fourth-order valence-electron chi connectivity index (χ4n) is 4.02. The Balaban J connectivity index is 1.27. The molecule has 0 amide bonds. The molecule has 0 unspecified atom stereocenters. The van der Waals surface area contributed by atoms with Gasteiger partial charge < -0.3 is 29.5 Å². The molecule has 4 aromatic rings. The number of ketones is 2. The molecule has 0 spiro atoms. The number of rotatable bonds is 12. The maximum atomic E-state index is 12.5. The van der Waals surface area contributed by atoms with E-state index < -0.39 is 7.82 Å². The third-order valence-corrected chi connectivity index (χ3v) is 7.02. The molecule has 4 rings (SSSR count). The highest BCUT2D eigenvalue weighted by Crippen LogP contribution is 2.44. The van der Waals surface area contributed by atoms with Gasteiger partial charge in [0.2, 0.25) is 0 Å². The molecule has 0 atom stereocenters. The minimum Gasteiger partial charge on any atom is -0.508 e. The summed E-state index contributed by atoms with van der Waals surface area (Å²) >= 11 is 0. The van der Waals surface area contributed by atoms with Crippen LogP contribution in [0.5, 0.6) is 34.5 Å². The minimum absolute atomic E-state index is 0.0784. The Morgan fingerprint density at radius 3 is 1.29 bits per heavy atom. The Labute approximate surface area is 235 Å². The molecule has 4 aromatic carbocycles. The summed E-state index contributed by atoms with van der Waals surface area (Å²) in [5.41, 5.74) is 1.73. The van der Waals surface area contributed by atoms with Gasteiger partial charge in [0.1, 0.15) is 34.5 Å². The number of hydrogen-bond acceptors (Lipinski definition) is 9. The molecule has 0 saturated heterocycles. The van der Waals surface area contributed by atoms with Gasteiger partial charge in [-0.25, -0.2) is 4.57 Å². The van der Waals surface area contributed by atoms with Crippen molar-refractivity contribution in [3.63, 3.8) is 0 Å². The molecule has 0 bridgehead atoms. The summed E-state index contributed by atoms with van der Waals surface area (Å²) in [5, 5.41) is 38.4. The molecule has 212 valence electrons. The van der Waals surface area contributed by atoms with Gasteiger partial charge in [0.15, 0.2) is 11.6 Å². The van der Waals surface area contributed by atoms with Gasteiger partial charge in [-0.05, 0) is 72.5 Å². The molecule has 0 aliphatic rings. The largest absolute Gasteiger partial charge is 0.584 e. The van der Waals surface area contributed by atoms with E-state index in [4.69, 9.17) is 9.05 Å². The van der Waals surface area contributed by atoms with E-state index in [2.05, 4.69) is 0 Å². The van der Waals surface area contributed by atoms with E-state index in [1.165, 1.54) is 48.5 Å². The summed E-state index contributed by atoms with van der Waals surface area (Å²) in [5.74, 6) is -1.33. The zero-order valence-corrected chi connectivity index (χ0v) is 22.5. The van der Waals surface area contributed by atoms with Crippen LogP contribution in [0.4, 0.5) is 0 Å². The summed E-state index contributed by atoms with van der Waals surface area (Å²) in [6.07, 6.45) is 0.898. The fourth-order valence-corrected chi connectivity index (χ4v) is 4.83. The van der Waals surface area contributed by atoms with Crippen LogP contribution in [-0.2, 0) is 17.4 Å². The van der Waals surface area contributed by atoms with Gasteiger partial charge in [-0.15, -0.1) is 0 Å². The van der Waals surface area contributed by atoms with Crippen molar-refractivity contribution in [3.05, 3.63) is 107 Å². The van der Waals surface area contributed by atoms with Crippen LogP contribution in [0, 0.1) is 0 Å². The molecule has 0 radical (unpaired) electrons. The topological polar surface area (TPSA) is 171 Å². The van der Waals surface area contributed by atoms with Crippen molar-refractivity contribution in [1.29, 1.82) is 0 Å². The molecule has 0 saturated carbocycles. The molecule has 41 heavy (non-hydrogen) atoms. The molecule has 5 N–H and O–H groups in total. The van der Waals surface area contributed by atoms with E-state index in [1.54, 1.807) is 24.3 Å². The van der Waals surface area contributed by atoms with E-state index in [0.29, 0.717) is 12.8 Å². The van der Waals surface area contributed by atoms with E-state index in [1.807, 2.05) is 0 Å². The maximum Gasteiger partial charge on any atom is 0.584 e. The fraction of sp³-hybridized carbons (Fsp3) is 0.133. The van der Waals surface area contributed by atoms with Gasteiger partial charge in [0, 0.05) is 25.0 Å². The predicted octanol–water partition coefficient (Wildman–Crippen LogP) is 5.70. The number of phenols is 4. The Morgan fingerprint density at radius 1 is 0.585 bits per heavy atom. The van der Waals surface area contributed by atoms with Crippen LogP contribution >= 0.6 is 7.82 Å². The first kappa shape index (κ1) is 29.2. The summed E-state index contributed by atoms with van der Waals surface area (Å²) < 4.78 is 22.8. The monoisotopic (exact) mass is 578 g/mol. The number of hydrogen-bond donors (Lipinski definition) is 5. The number of carbonyl (C=O) groups is 2.